The van der Waals surface area contributed by atoms with Crippen molar-refractivity contribution in [2.45, 2.75) is 6.92 Å². The molecule has 0 bridgehead atoms. The maximum atomic E-state index is 10.6. The molecule has 0 N–H and O–H groups in total. The summed E-state index contributed by atoms with van der Waals surface area (Å²) in [5.41, 5.74) is 0. The second-order valence-corrected chi connectivity index (χ2v) is 1.82. The van der Waals surface area contributed by atoms with Gasteiger partial charge in [-0.1, -0.05) is 0 Å². The molecule has 0 saturated carbocycles. The molecule has 0 saturated heterocycles. The minimum atomic E-state index is -0.326. The first-order valence-electron chi connectivity index (χ1n) is 2.71. The number of ether oxygens (including phenoxy) is 1. The zero-order valence-electron chi connectivity index (χ0n) is 5.63. The molecule has 0 aliphatic carbocycles. The van der Waals surface area contributed by atoms with Gasteiger partial charge in [0.15, 0.2) is 0 Å². The Morgan fingerprint density at radius 2 is 2.33 bits per heavy atom. The second kappa shape index (κ2) is 4.49. The third kappa shape index (κ3) is 3.24. The van der Waals surface area contributed by atoms with E-state index < -0.39 is 0 Å². The van der Waals surface area contributed by atoms with Crippen molar-refractivity contribution in [2.75, 3.05) is 19.5 Å². The minimum Gasteiger partial charge on any atom is -0.450 e. The van der Waals surface area contributed by atoms with Crippen LogP contribution in [-0.4, -0.2) is 30.5 Å². The quantitative estimate of drug-likeness (QED) is 0.468. The Morgan fingerprint density at radius 3 is 2.67 bits per heavy atom. The molecular formula is C5H11NO2S. The Labute approximate surface area is 60.4 Å². The number of hydrogen-bond acceptors (Lipinski definition) is 3. The molecule has 0 atom stereocenters. The highest BCUT2D eigenvalue weighted by Gasteiger charge is 2.04. The van der Waals surface area contributed by atoms with Crippen LogP contribution < -0.4 is 0 Å². The van der Waals surface area contributed by atoms with Crippen LogP contribution in [0.2, 0.25) is 0 Å². The van der Waals surface area contributed by atoms with Gasteiger partial charge in [-0.2, -0.15) is 12.6 Å². The molecular weight excluding hydrogens is 138 g/mol. The average molecular weight is 149 g/mol. The first kappa shape index (κ1) is 8.62. The SMILES string of the molecule is CCOC(=O)N(C)CS. The van der Waals surface area contributed by atoms with E-state index in [1.54, 1.807) is 14.0 Å². The Hall–Kier alpha value is -0.380. The van der Waals surface area contributed by atoms with Gasteiger partial charge in [-0.05, 0) is 6.92 Å². The summed E-state index contributed by atoms with van der Waals surface area (Å²) in [6, 6.07) is 0. The molecule has 4 heteroatoms. The molecule has 3 nitrogen and oxygen atoms in total. The van der Waals surface area contributed by atoms with Crippen LogP contribution >= 0.6 is 12.6 Å². The lowest BCUT2D eigenvalue weighted by Crippen LogP contribution is -2.25. The van der Waals surface area contributed by atoms with Crippen LogP contribution in [0.5, 0.6) is 0 Å². The van der Waals surface area contributed by atoms with Crippen molar-refractivity contribution in [3.8, 4) is 0 Å². The third-order valence-electron chi connectivity index (χ3n) is 0.792. The number of rotatable bonds is 2. The number of hydrogen-bond donors (Lipinski definition) is 1. The fraction of sp³-hybridized carbons (Fsp3) is 0.800. The number of nitrogens with zero attached hydrogens (tertiary/aromatic N) is 1. The van der Waals surface area contributed by atoms with Crippen molar-refractivity contribution in [1.82, 2.24) is 4.90 Å². The molecule has 0 fully saturated rings. The fourth-order valence-corrected chi connectivity index (χ4v) is 0.407. The standard InChI is InChI=1S/C5H11NO2S/c1-3-8-5(7)6(2)4-9/h9H,3-4H2,1-2H3. The molecule has 0 heterocycles. The molecule has 54 valence electrons. The third-order valence-corrected chi connectivity index (χ3v) is 1.22. The number of carbonyl (C=O) groups is 1. The van der Waals surface area contributed by atoms with Gasteiger partial charge in [-0.25, -0.2) is 4.79 Å². The van der Waals surface area contributed by atoms with Crippen molar-refractivity contribution in [3.05, 3.63) is 0 Å². The molecule has 0 rings (SSSR count). The first-order valence-corrected chi connectivity index (χ1v) is 3.34. The molecule has 0 aromatic carbocycles. The largest absolute Gasteiger partial charge is 0.450 e. The topological polar surface area (TPSA) is 29.5 Å². The summed E-state index contributed by atoms with van der Waals surface area (Å²) >= 11 is 3.87. The highest BCUT2D eigenvalue weighted by molar-refractivity contribution is 7.80. The molecule has 0 aliphatic rings. The van der Waals surface area contributed by atoms with Gasteiger partial charge in [0.25, 0.3) is 0 Å². The molecule has 0 unspecified atom stereocenters. The zero-order valence-corrected chi connectivity index (χ0v) is 6.52. The van der Waals surface area contributed by atoms with E-state index in [-0.39, 0.29) is 6.09 Å². The van der Waals surface area contributed by atoms with Gasteiger partial charge in [-0.3, -0.25) is 0 Å². The van der Waals surface area contributed by atoms with E-state index in [2.05, 4.69) is 17.4 Å². The van der Waals surface area contributed by atoms with E-state index in [1.165, 1.54) is 4.90 Å². The smallest absolute Gasteiger partial charge is 0.410 e. The van der Waals surface area contributed by atoms with Gasteiger partial charge in [0.1, 0.15) is 0 Å². The lowest BCUT2D eigenvalue weighted by atomic mass is 10.8. The summed E-state index contributed by atoms with van der Waals surface area (Å²) in [6.45, 7) is 2.18. The first-order chi connectivity index (χ1) is 4.22. The highest BCUT2D eigenvalue weighted by atomic mass is 32.1. The summed E-state index contributed by atoms with van der Waals surface area (Å²) in [5.74, 6) is 0.388. The summed E-state index contributed by atoms with van der Waals surface area (Å²) in [4.78, 5) is 12.0. The number of amides is 1. The molecule has 0 aliphatic heterocycles. The lowest BCUT2D eigenvalue weighted by Gasteiger charge is -2.11. The van der Waals surface area contributed by atoms with Gasteiger partial charge >= 0.3 is 6.09 Å². The predicted molar refractivity (Wildman–Crippen MR) is 38.6 cm³/mol. The van der Waals surface area contributed by atoms with E-state index in [4.69, 9.17) is 0 Å². The lowest BCUT2D eigenvalue weighted by molar-refractivity contribution is 0.122. The van der Waals surface area contributed by atoms with Gasteiger partial charge in [-0.15, -0.1) is 0 Å². The summed E-state index contributed by atoms with van der Waals surface area (Å²) in [6.07, 6.45) is -0.326. The molecule has 0 spiro atoms. The van der Waals surface area contributed by atoms with E-state index in [1.807, 2.05) is 0 Å². The number of carbonyl (C=O) groups excluding carboxylic acids is 1. The molecule has 1 amide bonds. The zero-order chi connectivity index (χ0) is 7.28. The summed E-state index contributed by atoms with van der Waals surface area (Å²) in [7, 11) is 1.63. The number of thiol groups is 1. The summed E-state index contributed by atoms with van der Waals surface area (Å²) in [5, 5.41) is 0. The Kier molecular flexibility index (Phi) is 4.30. The van der Waals surface area contributed by atoms with Crippen LogP contribution in [0.3, 0.4) is 0 Å². The highest BCUT2D eigenvalue weighted by Crippen LogP contribution is 1.90. The van der Waals surface area contributed by atoms with Crippen LogP contribution in [-0.2, 0) is 4.74 Å². The molecule has 9 heavy (non-hydrogen) atoms. The Bertz CT molecular complexity index is 97.0. The van der Waals surface area contributed by atoms with Crippen LogP contribution in [0, 0.1) is 0 Å². The van der Waals surface area contributed by atoms with Crippen LogP contribution in [0.25, 0.3) is 0 Å². The maximum absolute atomic E-state index is 10.6. The molecule has 0 aromatic heterocycles. The fourth-order valence-electron chi connectivity index (χ4n) is 0.291. The Balaban J connectivity index is 3.46. The van der Waals surface area contributed by atoms with Gasteiger partial charge < -0.3 is 9.64 Å². The van der Waals surface area contributed by atoms with Crippen LogP contribution in [0.15, 0.2) is 0 Å². The van der Waals surface area contributed by atoms with E-state index in [0.717, 1.165) is 0 Å². The van der Waals surface area contributed by atoms with Crippen LogP contribution in [0.4, 0.5) is 4.79 Å². The van der Waals surface area contributed by atoms with Crippen molar-refractivity contribution in [1.29, 1.82) is 0 Å². The predicted octanol–water partition coefficient (Wildman–Crippen LogP) is 0.962. The molecule has 0 radical (unpaired) electrons. The summed E-state index contributed by atoms with van der Waals surface area (Å²) < 4.78 is 4.63. The van der Waals surface area contributed by atoms with Crippen molar-refractivity contribution in [3.63, 3.8) is 0 Å². The second-order valence-electron chi connectivity index (χ2n) is 1.54. The normalized spacial score (nSPS) is 8.78. The van der Waals surface area contributed by atoms with Gasteiger partial charge in [0.05, 0.1) is 12.5 Å². The van der Waals surface area contributed by atoms with E-state index >= 15 is 0 Å². The van der Waals surface area contributed by atoms with Gasteiger partial charge in [0.2, 0.25) is 0 Å². The molecule has 0 aromatic rings. The van der Waals surface area contributed by atoms with E-state index in [9.17, 15) is 4.79 Å². The monoisotopic (exact) mass is 149 g/mol. The van der Waals surface area contributed by atoms with Gasteiger partial charge in [0, 0.05) is 7.05 Å². The van der Waals surface area contributed by atoms with Crippen molar-refractivity contribution < 1.29 is 9.53 Å². The average Bonchev–Trinajstić information content (AvgIpc) is 1.87. The maximum Gasteiger partial charge on any atom is 0.410 e. The minimum absolute atomic E-state index is 0.326. The van der Waals surface area contributed by atoms with E-state index in [0.29, 0.717) is 12.5 Å². The van der Waals surface area contributed by atoms with Crippen molar-refractivity contribution >= 4 is 18.7 Å². The van der Waals surface area contributed by atoms with Crippen molar-refractivity contribution in [2.24, 2.45) is 0 Å². The Morgan fingerprint density at radius 1 is 1.78 bits per heavy atom. The van der Waals surface area contributed by atoms with Crippen LogP contribution in [0.1, 0.15) is 6.92 Å².